The van der Waals surface area contributed by atoms with Crippen LogP contribution in [0, 0.1) is 31.0 Å². The predicted molar refractivity (Wildman–Crippen MR) is 110 cm³/mol. The van der Waals surface area contributed by atoms with Crippen molar-refractivity contribution in [3.8, 4) is 0 Å². The van der Waals surface area contributed by atoms with E-state index in [0.29, 0.717) is 11.8 Å². The van der Waals surface area contributed by atoms with Crippen LogP contribution in [0.25, 0.3) is 0 Å². The smallest absolute Gasteiger partial charge is 0.224 e. The number of hydrogen-bond donors (Lipinski definition) is 1. The molecule has 6 rings (SSSR count). The first-order valence-electron chi connectivity index (χ1n) is 10.3. The summed E-state index contributed by atoms with van der Waals surface area (Å²) < 4.78 is 13.5. The van der Waals surface area contributed by atoms with E-state index in [2.05, 4.69) is 36.2 Å². The number of halogens is 1. The summed E-state index contributed by atoms with van der Waals surface area (Å²) in [5, 5.41) is 3.18. The number of hydrogen-bond acceptors (Lipinski definition) is 2. The van der Waals surface area contributed by atoms with Gasteiger partial charge in [0.15, 0.2) is 0 Å². The highest BCUT2D eigenvalue weighted by atomic mass is 19.1. The lowest BCUT2D eigenvalue weighted by Crippen LogP contribution is -2.53. The van der Waals surface area contributed by atoms with Crippen LogP contribution in [0.1, 0.15) is 47.9 Å². The number of fused-ring (bicyclic) bond motifs is 1. The maximum Gasteiger partial charge on any atom is 0.224 e. The minimum Gasteiger partial charge on any atom is -0.367 e. The van der Waals surface area contributed by atoms with Crippen LogP contribution in [0.2, 0.25) is 0 Å². The zero-order valence-corrected chi connectivity index (χ0v) is 16.6. The maximum atomic E-state index is 13.5. The van der Waals surface area contributed by atoms with Gasteiger partial charge in [0.2, 0.25) is 5.91 Å². The largest absolute Gasteiger partial charge is 0.367 e. The number of rotatable bonds is 4. The SMILES string of the molecule is Cc1cc(N2CCc3cc(F)ccc3C2)cc(C)c1NC(=O)CC12CC(C1)C2. The number of carbonyl (C=O) groups is 1. The molecule has 2 aromatic rings. The van der Waals surface area contributed by atoms with Gasteiger partial charge < -0.3 is 10.2 Å². The summed E-state index contributed by atoms with van der Waals surface area (Å²) in [6.07, 6.45) is 5.27. The molecule has 1 N–H and O–H groups in total. The maximum absolute atomic E-state index is 13.5. The molecule has 0 aromatic heterocycles. The van der Waals surface area contributed by atoms with Gasteiger partial charge in [0.05, 0.1) is 0 Å². The highest BCUT2D eigenvalue weighted by molar-refractivity contribution is 5.93. The van der Waals surface area contributed by atoms with E-state index in [1.165, 1.54) is 30.5 Å². The molecule has 4 heteroatoms. The third-order valence-electron chi connectivity index (χ3n) is 7.03. The third-order valence-corrected chi connectivity index (χ3v) is 7.03. The fourth-order valence-corrected chi connectivity index (χ4v) is 5.46. The second kappa shape index (κ2) is 6.33. The van der Waals surface area contributed by atoms with E-state index >= 15 is 0 Å². The lowest BCUT2D eigenvalue weighted by atomic mass is 9.43. The number of carbonyl (C=O) groups excluding carboxylic acids is 1. The predicted octanol–water partition coefficient (Wildman–Crippen LogP) is 5.13. The van der Waals surface area contributed by atoms with E-state index in [9.17, 15) is 9.18 Å². The Hall–Kier alpha value is -2.36. The second-order valence-corrected chi connectivity index (χ2v) is 9.24. The molecule has 0 atom stereocenters. The molecule has 2 aromatic carbocycles. The molecule has 4 aliphatic rings. The minimum atomic E-state index is -0.155. The molecule has 1 aliphatic heterocycles. The van der Waals surface area contributed by atoms with E-state index in [1.54, 1.807) is 12.1 Å². The summed E-state index contributed by atoms with van der Waals surface area (Å²) in [6, 6.07) is 9.43. The number of amides is 1. The molecule has 1 amide bonds. The lowest BCUT2D eigenvalue weighted by molar-refractivity contribution is -0.139. The molecule has 3 nitrogen and oxygen atoms in total. The van der Waals surface area contributed by atoms with Crippen molar-refractivity contribution in [2.75, 3.05) is 16.8 Å². The van der Waals surface area contributed by atoms with Gasteiger partial charge in [0.1, 0.15) is 5.82 Å². The van der Waals surface area contributed by atoms with Crippen molar-refractivity contribution in [2.24, 2.45) is 11.3 Å². The monoisotopic (exact) mass is 378 g/mol. The molecule has 1 heterocycles. The van der Waals surface area contributed by atoms with Crippen LogP contribution in [-0.2, 0) is 17.8 Å². The standard InChI is InChI=1S/C24H27FN2O/c1-15-7-21(27-6-5-18-9-20(25)4-3-19(18)14-27)8-16(2)23(15)26-22(28)13-24-10-17(11-24)12-24/h3-4,7-9,17H,5-6,10-14H2,1-2H3,(H,26,28). The Balaban J connectivity index is 1.31. The fraction of sp³-hybridized carbons (Fsp3) is 0.458. The van der Waals surface area contributed by atoms with Crippen molar-refractivity contribution in [3.05, 3.63) is 58.4 Å². The zero-order valence-electron chi connectivity index (χ0n) is 16.6. The molecule has 0 radical (unpaired) electrons. The fourth-order valence-electron chi connectivity index (χ4n) is 5.46. The minimum absolute atomic E-state index is 0.155. The molecule has 28 heavy (non-hydrogen) atoms. The Labute approximate surface area is 165 Å². The van der Waals surface area contributed by atoms with Crippen molar-refractivity contribution < 1.29 is 9.18 Å². The quantitative estimate of drug-likeness (QED) is 0.799. The Bertz CT molecular complexity index is 927. The number of nitrogens with zero attached hydrogens (tertiary/aromatic N) is 1. The number of nitrogens with one attached hydrogen (secondary N) is 1. The first kappa shape index (κ1) is 17.7. The van der Waals surface area contributed by atoms with Crippen LogP contribution < -0.4 is 10.2 Å². The Morgan fingerprint density at radius 1 is 1.14 bits per heavy atom. The first-order chi connectivity index (χ1) is 13.4. The van der Waals surface area contributed by atoms with Crippen LogP contribution in [0.3, 0.4) is 0 Å². The second-order valence-electron chi connectivity index (χ2n) is 9.24. The van der Waals surface area contributed by atoms with Crippen molar-refractivity contribution in [1.29, 1.82) is 0 Å². The molecule has 0 unspecified atom stereocenters. The topological polar surface area (TPSA) is 32.3 Å². The summed E-state index contributed by atoms with van der Waals surface area (Å²) >= 11 is 0. The summed E-state index contributed by atoms with van der Waals surface area (Å²) in [7, 11) is 0. The zero-order chi connectivity index (χ0) is 19.5. The molecule has 2 bridgehead atoms. The van der Waals surface area contributed by atoms with Gasteiger partial charge in [-0.3, -0.25) is 4.79 Å². The van der Waals surface area contributed by atoms with Gasteiger partial charge in [0.25, 0.3) is 0 Å². The van der Waals surface area contributed by atoms with E-state index in [1.807, 2.05) is 6.07 Å². The molecular formula is C24H27FN2O. The molecule has 146 valence electrons. The van der Waals surface area contributed by atoms with Crippen LogP contribution in [0.4, 0.5) is 15.8 Å². The van der Waals surface area contributed by atoms with Gasteiger partial charge in [-0.05, 0) is 97.4 Å². The molecule has 3 fully saturated rings. The van der Waals surface area contributed by atoms with Crippen LogP contribution >= 0.6 is 0 Å². The molecule has 0 spiro atoms. The number of aryl methyl sites for hydroxylation is 2. The molecule has 3 saturated carbocycles. The van der Waals surface area contributed by atoms with Gasteiger partial charge in [-0.2, -0.15) is 0 Å². The van der Waals surface area contributed by atoms with Crippen molar-refractivity contribution in [1.82, 2.24) is 0 Å². The van der Waals surface area contributed by atoms with Crippen LogP contribution in [0.5, 0.6) is 0 Å². The van der Waals surface area contributed by atoms with Crippen molar-refractivity contribution >= 4 is 17.3 Å². The van der Waals surface area contributed by atoms with E-state index in [-0.39, 0.29) is 11.7 Å². The Kier molecular flexibility index (Phi) is 4.01. The van der Waals surface area contributed by atoms with E-state index in [4.69, 9.17) is 0 Å². The molecular weight excluding hydrogens is 351 g/mol. The summed E-state index contributed by atoms with van der Waals surface area (Å²) in [4.78, 5) is 14.9. The van der Waals surface area contributed by atoms with Crippen LogP contribution in [0.15, 0.2) is 30.3 Å². The normalized spacial score (nSPS) is 24.8. The van der Waals surface area contributed by atoms with Crippen molar-refractivity contribution in [2.45, 2.75) is 52.5 Å². The average Bonchev–Trinajstić information content (AvgIpc) is 2.59. The highest BCUT2D eigenvalue weighted by Crippen LogP contribution is 2.66. The van der Waals surface area contributed by atoms with Gasteiger partial charge in [0, 0.05) is 30.9 Å². The van der Waals surface area contributed by atoms with E-state index in [0.717, 1.165) is 47.8 Å². The first-order valence-corrected chi connectivity index (χ1v) is 10.3. The molecule has 3 aliphatic carbocycles. The van der Waals surface area contributed by atoms with E-state index < -0.39 is 0 Å². The Morgan fingerprint density at radius 2 is 1.86 bits per heavy atom. The Morgan fingerprint density at radius 3 is 2.50 bits per heavy atom. The van der Waals surface area contributed by atoms with Gasteiger partial charge in [-0.1, -0.05) is 6.07 Å². The number of anilines is 2. The summed E-state index contributed by atoms with van der Waals surface area (Å²) in [5.41, 5.74) is 6.97. The number of benzene rings is 2. The highest BCUT2D eigenvalue weighted by Gasteiger charge is 2.56. The van der Waals surface area contributed by atoms with Gasteiger partial charge in [-0.15, -0.1) is 0 Å². The lowest BCUT2D eigenvalue weighted by Gasteiger charge is -2.61. The third kappa shape index (κ3) is 2.99. The summed E-state index contributed by atoms with van der Waals surface area (Å²) in [6.45, 7) is 5.81. The van der Waals surface area contributed by atoms with Gasteiger partial charge in [-0.25, -0.2) is 4.39 Å². The molecule has 0 saturated heterocycles. The van der Waals surface area contributed by atoms with Gasteiger partial charge >= 0.3 is 0 Å². The average molecular weight is 378 g/mol. The van der Waals surface area contributed by atoms with Crippen molar-refractivity contribution in [3.63, 3.8) is 0 Å². The van der Waals surface area contributed by atoms with Crippen LogP contribution in [-0.4, -0.2) is 12.5 Å². The summed E-state index contributed by atoms with van der Waals surface area (Å²) in [5.74, 6) is 0.908.